The number of carbonyl (C=O) groups is 1. The van der Waals surface area contributed by atoms with E-state index in [9.17, 15) is 9.18 Å². The lowest BCUT2D eigenvalue weighted by Gasteiger charge is -2.07. The summed E-state index contributed by atoms with van der Waals surface area (Å²) in [6.07, 6.45) is 0. The molecule has 5 heteroatoms. The molecule has 0 unspecified atom stereocenters. The van der Waals surface area contributed by atoms with Crippen molar-refractivity contribution in [3.63, 3.8) is 0 Å². The predicted molar refractivity (Wildman–Crippen MR) is 84.4 cm³/mol. The van der Waals surface area contributed by atoms with Crippen molar-refractivity contribution in [1.82, 2.24) is 9.78 Å². The number of ether oxygens (including phenoxy) is 1. The van der Waals surface area contributed by atoms with Gasteiger partial charge in [0.25, 0.3) is 0 Å². The van der Waals surface area contributed by atoms with Crippen LogP contribution in [0.1, 0.15) is 21.7 Å². The fourth-order valence-electron chi connectivity index (χ4n) is 2.30. The number of nitrogens with zero attached hydrogens (tertiary/aromatic N) is 2. The number of hydrogen-bond acceptors (Lipinski definition) is 3. The minimum atomic E-state index is -0.489. The van der Waals surface area contributed by atoms with Crippen LogP contribution in [0.5, 0.6) is 5.75 Å². The van der Waals surface area contributed by atoms with Crippen LogP contribution in [0.4, 0.5) is 4.39 Å². The first-order chi connectivity index (χ1) is 11.0. The molecule has 0 amide bonds. The first-order valence-corrected chi connectivity index (χ1v) is 7.14. The van der Waals surface area contributed by atoms with Crippen LogP contribution in [0, 0.1) is 19.7 Å². The highest BCUT2D eigenvalue weighted by Gasteiger charge is 2.10. The molecule has 3 rings (SSSR count). The zero-order chi connectivity index (χ0) is 16.4. The van der Waals surface area contributed by atoms with Crippen molar-refractivity contribution in [1.29, 1.82) is 0 Å². The van der Waals surface area contributed by atoms with E-state index < -0.39 is 5.97 Å². The van der Waals surface area contributed by atoms with Gasteiger partial charge in [-0.1, -0.05) is 0 Å². The van der Waals surface area contributed by atoms with Crippen molar-refractivity contribution < 1.29 is 13.9 Å². The van der Waals surface area contributed by atoms with Crippen LogP contribution < -0.4 is 4.74 Å². The van der Waals surface area contributed by atoms with Gasteiger partial charge in [-0.25, -0.2) is 13.9 Å². The Bertz CT molecular complexity index is 836. The highest BCUT2D eigenvalue weighted by molar-refractivity contribution is 5.91. The third-order valence-corrected chi connectivity index (χ3v) is 3.38. The van der Waals surface area contributed by atoms with Crippen LogP contribution in [-0.2, 0) is 0 Å². The third kappa shape index (κ3) is 3.29. The maximum Gasteiger partial charge on any atom is 0.343 e. The first kappa shape index (κ1) is 15.0. The Balaban J connectivity index is 1.77. The summed E-state index contributed by atoms with van der Waals surface area (Å²) in [5.41, 5.74) is 3.24. The highest BCUT2D eigenvalue weighted by atomic mass is 19.1. The minimum absolute atomic E-state index is 0.305. The number of aryl methyl sites for hydroxylation is 2. The molecule has 1 aromatic heterocycles. The molecule has 3 aromatic rings. The van der Waals surface area contributed by atoms with Gasteiger partial charge in [0.1, 0.15) is 11.6 Å². The summed E-state index contributed by atoms with van der Waals surface area (Å²) in [5, 5.41) is 4.40. The highest BCUT2D eigenvalue weighted by Crippen LogP contribution is 2.16. The molecule has 4 nitrogen and oxygen atoms in total. The van der Waals surface area contributed by atoms with Crippen LogP contribution in [0.25, 0.3) is 5.69 Å². The average molecular weight is 310 g/mol. The second-order valence-corrected chi connectivity index (χ2v) is 5.23. The molecule has 0 atom stereocenters. The lowest BCUT2D eigenvalue weighted by atomic mass is 10.2. The lowest BCUT2D eigenvalue weighted by Crippen LogP contribution is -2.09. The van der Waals surface area contributed by atoms with E-state index in [1.165, 1.54) is 24.3 Å². The molecule has 0 saturated heterocycles. The first-order valence-electron chi connectivity index (χ1n) is 7.14. The molecule has 0 spiro atoms. The summed E-state index contributed by atoms with van der Waals surface area (Å²) in [6.45, 7) is 3.90. The van der Waals surface area contributed by atoms with Gasteiger partial charge in [0.15, 0.2) is 0 Å². The summed E-state index contributed by atoms with van der Waals surface area (Å²) in [6, 6.07) is 14.3. The predicted octanol–water partition coefficient (Wildman–Crippen LogP) is 3.85. The van der Waals surface area contributed by atoms with Crippen molar-refractivity contribution in [2.75, 3.05) is 0 Å². The van der Waals surface area contributed by atoms with E-state index in [0.717, 1.165) is 17.1 Å². The quantitative estimate of drug-likeness (QED) is 0.545. The molecule has 0 fully saturated rings. The summed E-state index contributed by atoms with van der Waals surface area (Å²) >= 11 is 0. The van der Waals surface area contributed by atoms with Crippen molar-refractivity contribution in [2.45, 2.75) is 13.8 Å². The van der Waals surface area contributed by atoms with E-state index in [4.69, 9.17) is 4.74 Å². The van der Waals surface area contributed by atoms with Crippen LogP contribution in [0.3, 0.4) is 0 Å². The summed E-state index contributed by atoms with van der Waals surface area (Å²) in [4.78, 5) is 12.1. The number of hydrogen-bond donors (Lipinski definition) is 0. The third-order valence-electron chi connectivity index (χ3n) is 3.38. The molecule has 0 aliphatic rings. The molecule has 0 aliphatic carbocycles. The van der Waals surface area contributed by atoms with Gasteiger partial charge < -0.3 is 4.74 Å². The van der Waals surface area contributed by atoms with Gasteiger partial charge in [-0.3, -0.25) is 0 Å². The number of carbonyl (C=O) groups excluding carboxylic acids is 1. The van der Waals surface area contributed by atoms with Gasteiger partial charge in [-0.05, 0) is 68.4 Å². The Morgan fingerprint density at radius 3 is 2.26 bits per heavy atom. The van der Waals surface area contributed by atoms with Crippen LogP contribution in [-0.4, -0.2) is 15.7 Å². The Kier molecular flexibility index (Phi) is 3.93. The number of halogens is 1. The zero-order valence-corrected chi connectivity index (χ0v) is 12.8. The van der Waals surface area contributed by atoms with Gasteiger partial charge in [0.05, 0.1) is 16.9 Å². The lowest BCUT2D eigenvalue weighted by molar-refractivity contribution is 0.0734. The SMILES string of the molecule is Cc1cc(C)n(-c2ccc(C(=O)Oc3ccc(F)cc3)cc2)n1. The van der Waals surface area contributed by atoms with Crippen LogP contribution in [0.15, 0.2) is 54.6 Å². The second kappa shape index (κ2) is 6.04. The number of rotatable bonds is 3. The van der Waals surface area contributed by atoms with Crippen LogP contribution >= 0.6 is 0 Å². The van der Waals surface area contributed by atoms with Gasteiger partial charge in [-0.15, -0.1) is 0 Å². The molecular weight excluding hydrogens is 295 g/mol. The monoisotopic (exact) mass is 310 g/mol. The fraction of sp³-hybridized carbons (Fsp3) is 0.111. The molecular formula is C18H15FN2O2. The minimum Gasteiger partial charge on any atom is -0.423 e. The molecule has 23 heavy (non-hydrogen) atoms. The molecule has 1 heterocycles. The van der Waals surface area contributed by atoms with Crippen molar-refractivity contribution in [3.8, 4) is 11.4 Å². The Morgan fingerprint density at radius 2 is 1.70 bits per heavy atom. The van der Waals surface area contributed by atoms with Crippen molar-refractivity contribution in [2.24, 2.45) is 0 Å². The number of aromatic nitrogens is 2. The topological polar surface area (TPSA) is 44.1 Å². The smallest absolute Gasteiger partial charge is 0.343 e. The van der Waals surface area contributed by atoms with Crippen molar-refractivity contribution in [3.05, 3.63) is 77.4 Å². The number of benzene rings is 2. The van der Waals surface area contributed by atoms with Crippen molar-refractivity contribution >= 4 is 5.97 Å². The molecule has 2 aromatic carbocycles. The molecule has 116 valence electrons. The van der Waals surface area contributed by atoms with E-state index in [-0.39, 0.29) is 5.82 Å². The molecule has 0 saturated carbocycles. The second-order valence-electron chi connectivity index (χ2n) is 5.23. The normalized spacial score (nSPS) is 10.6. The summed E-state index contributed by atoms with van der Waals surface area (Å²) in [5.74, 6) is -0.561. The Morgan fingerprint density at radius 1 is 1.04 bits per heavy atom. The van der Waals surface area contributed by atoms with E-state index in [1.807, 2.05) is 24.6 Å². The van der Waals surface area contributed by atoms with E-state index >= 15 is 0 Å². The summed E-state index contributed by atoms with van der Waals surface area (Å²) in [7, 11) is 0. The molecule has 0 bridgehead atoms. The van der Waals surface area contributed by atoms with Gasteiger partial charge in [0, 0.05) is 5.69 Å². The fourth-order valence-corrected chi connectivity index (χ4v) is 2.30. The largest absolute Gasteiger partial charge is 0.423 e. The summed E-state index contributed by atoms with van der Waals surface area (Å²) < 4.78 is 19.8. The zero-order valence-electron chi connectivity index (χ0n) is 12.8. The van der Waals surface area contributed by atoms with E-state index in [1.54, 1.807) is 24.3 Å². The average Bonchev–Trinajstić information content (AvgIpc) is 2.88. The Labute approximate surface area is 133 Å². The van der Waals surface area contributed by atoms with Gasteiger partial charge >= 0.3 is 5.97 Å². The maximum atomic E-state index is 12.8. The molecule has 0 N–H and O–H groups in total. The standard InChI is InChI=1S/C18H15FN2O2/c1-12-11-13(2)21(20-12)16-7-3-14(4-8-16)18(22)23-17-9-5-15(19)6-10-17/h3-11H,1-2H3. The molecule has 0 aliphatic heterocycles. The Hall–Kier alpha value is -2.95. The van der Waals surface area contributed by atoms with E-state index in [2.05, 4.69) is 5.10 Å². The van der Waals surface area contributed by atoms with Crippen LogP contribution in [0.2, 0.25) is 0 Å². The number of esters is 1. The molecule has 0 radical (unpaired) electrons. The van der Waals surface area contributed by atoms with Gasteiger partial charge in [0.2, 0.25) is 0 Å². The van der Waals surface area contributed by atoms with E-state index in [0.29, 0.717) is 11.3 Å². The maximum absolute atomic E-state index is 12.8. The van der Waals surface area contributed by atoms with Gasteiger partial charge in [-0.2, -0.15) is 5.10 Å².